The van der Waals surface area contributed by atoms with Crippen LogP contribution < -0.4 is 11.5 Å². The molecule has 0 atom stereocenters. The highest BCUT2D eigenvalue weighted by atomic mass is 16.7. The maximum absolute atomic E-state index is 11.3. The molecular formula is C9H12N2O3. The monoisotopic (exact) mass is 196 g/mol. The second-order valence-electron chi connectivity index (χ2n) is 2.69. The van der Waals surface area contributed by atoms with Gasteiger partial charge in [-0.15, -0.1) is 0 Å². The van der Waals surface area contributed by atoms with Gasteiger partial charge in [0, 0.05) is 18.5 Å². The standard InChI is InChI=1S/C9H12N2O3/c1-13-5-14-9(12)7-3-2-6(10)4-8(7)11/h2-4H,5,10-11H2,1H3. The molecule has 0 saturated carbocycles. The Balaban J connectivity index is 2.80. The Bertz CT molecular complexity index is 339. The molecule has 4 N–H and O–H groups in total. The second kappa shape index (κ2) is 4.48. The van der Waals surface area contributed by atoms with Crippen LogP contribution >= 0.6 is 0 Å². The van der Waals surface area contributed by atoms with E-state index in [1.165, 1.54) is 19.2 Å². The molecule has 0 bridgehead atoms. The number of nitrogens with two attached hydrogens (primary N) is 2. The maximum Gasteiger partial charge on any atom is 0.342 e. The highest BCUT2D eigenvalue weighted by molar-refractivity contribution is 5.95. The molecule has 0 spiro atoms. The van der Waals surface area contributed by atoms with Crippen molar-refractivity contribution in [3.63, 3.8) is 0 Å². The lowest BCUT2D eigenvalue weighted by molar-refractivity contribution is -0.0124. The van der Waals surface area contributed by atoms with Crippen LogP contribution in [0, 0.1) is 0 Å². The van der Waals surface area contributed by atoms with Crippen LogP contribution in [0.4, 0.5) is 11.4 Å². The van der Waals surface area contributed by atoms with Crippen LogP contribution in [0.2, 0.25) is 0 Å². The summed E-state index contributed by atoms with van der Waals surface area (Å²) in [5.74, 6) is -0.524. The smallest absolute Gasteiger partial charge is 0.342 e. The van der Waals surface area contributed by atoms with Crippen molar-refractivity contribution in [2.45, 2.75) is 0 Å². The van der Waals surface area contributed by atoms with Crippen molar-refractivity contribution in [2.24, 2.45) is 0 Å². The average molecular weight is 196 g/mol. The summed E-state index contributed by atoms with van der Waals surface area (Å²) in [4.78, 5) is 11.3. The Labute approximate surface area is 81.6 Å². The lowest BCUT2D eigenvalue weighted by Crippen LogP contribution is -2.10. The fourth-order valence-corrected chi connectivity index (χ4v) is 0.957. The zero-order valence-corrected chi connectivity index (χ0v) is 7.82. The van der Waals surface area contributed by atoms with E-state index in [2.05, 4.69) is 4.74 Å². The van der Waals surface area contributed by atoms with Gasteiger partial charge in [-0.2, -0.15) is 0 Å². The van der Waals surface area contributed by atoms with Crippen LogP contribution in [-0.2, 0) is 9.47 Å². The van der Waals surface area contributed by atoms with Gasteiger partial charge in [-0.05, 0) is 18.2 Å². The number of anilines is 2. The first-order valence-corrected chi connectivity index (χ1v) is 3.96. The summed E-state index contributed by atoms with van der Waals surface area (Å²) in [5.41, 5.74) is 12.1. The minimum absolute atomic E-state index is 0.0946. The van der Waals surface area contributed by atoms with Crippen molar-refractivity contribution in [3.05, 3.63) is 23.8 Å². The molecule has 14 heavy (non-hydrogen) atoms. The molecule has 0 fully saturated rings. The SMILES string of the molecule is COCOC(=O)c1ccc(N)cc1N. The highest BCUT2D eigenvalue weighted by Gasteiger charge is 2.10. The molecule has 1 aromatic carbocycles. The zero-order valence-electron chi connectivity index (χ0n) is 7.82. The van der Waals surface area contributed by atoms with E-state index in [0.717, 1.165) is 0 Å². The number of hydrogen-bond donors (Lipinski definition) is 2. The van der Waals surface area contributed by atoms with Gasteiger partial charge in [-0.1, -0.05) is 0 Å². The molecule has 0 aliphatic carbocycles. The number of benzene rings is 1. The Morgan fingerprint density at radius 1 is 1.43 bits per heavy atom. The first kappa shape index (κ1) is 10.3. The number of rotatable bonds is 3. The summed E-state index contributed by atoms with van der Waals surface area (Å²) in [6.07, 6.45) is 0. The van der Waals surface area contributed by atoms with Crippen LogP contribution in [0.25, 0.3) is 0 Å². The fraction of sp³-hybridized carbons (Fsp3) is 0.222. The highest BCUT2D eigenvalue weighted by Crippen LogP contribution is 2.16. The van der Waals surface area contributed by atoms with Gasteiger partial charge in [-0.3, -0.25) is 0 Å². The largest absolute Gasteiger partial charge is 0.435 e. The number of carbonyl (C=O) groups is 1. The first-order valence-electron chi connectivity index (χ1n) is 3.96. The van der Waals surface area contributed by atoms with E-state index >= 15 is 0 Å². The fourth-order valence-electron chi connectivity index (χ4n) is 0.957. The molecule has 76 valence electrons. The molecule has 1 aromatic rings. The topological polar surface area (TPSA) is 87.6 Å². The van der Waals surface area contributed by atoms with E-state index in [0.29, 0.717) is 11.4 Å². The van der Waals surface area contributed by atoms with E-state index in [-0.39, 0.29) is 12.4 Å². The van der Waals surface area contributed by atoms with E-state index in [4.69, 9.17) is 16.2 Å². The summed E-state index contributed by atoms with van der Waals surface area (Å²) in [5, 5.41) is 0. The van der Waals surface area contributed by atoms with Crippen LogP contribution in [0.1, 0.15) is 10.4 Å². The molecule has 0 heterocycles. The van der Waals surface area contributed by atoms with Crippen LogP contribution in [-0.4, -0.2) is 19.9 Å². The van der Waals surface area contributed by atoms with Crippen molar-refractivity contribution in [2.75, 3.05) is 25.4 Å². The molecule has 0 unspecified atom stereocenters. The first-order chi connectivity index (χ1) is 6.65. The maximum atomic E-state index is 11.3. The molecule has 5 nitrogen and oxygen atoms in total. The van der Waals surface area contributed by atoms with Gasteiger partial charge in [0.1, 0.15) is 0 Å². The molecule has 1 rings (SSSR count). The average Bonchev–Trinajstić information content (AvgIpc) is 2.14. The molecule has 0 aromatic heterocycles. The molecule has 0 aliphatic rings. The molecule has 5 heteroatoms. The second-order valence-corrected chi connectivity index (χ2v) is 2.69. The number of ether oxygens (including phenoxy) is 2. The van der Waals surface area contributed by atoms with Gasteiger partial charge in [0.25, 0.3) is 0 Å². The van der Waals surface area contributed by atoms with Crippen molar-refractivity contribution in [1.29, 1.82) is 0 Å². The van der Waals surface area contributed by atoms with Crippen molar-refractivity contribution >= 4 is 17.3 Å². The Morgan fingerprint density at radius 3 is 2.71 bits per heavy atom. The third-order valence-electron chi connectivity index (χ3n) is 1.60. The van der Waals surface area contributed by atoms with Gasteiger partial charge in [-0.25, -0.2) is 4.79 Å². The van der Waals surface area contributed by atoms with E-state index < -0.39 is 5.97 Å². The van der Waals surface area contributed by atoms with Gasteiger partial charge in [0.2, 0.25) is 0 Å². The third kappa shape index (κ3) is 2.37. The number of hydrogen-bond acceptors (Lipinski definition) is 5. The predicted molar refractivity (Wildman–Crippen MR) is 52.6 cm³/mol. The van der Waals surface area contributed by atoms with Crippen LogP contribution in [0.15, 0.2) is 18.2 Å². The van der Waals surface area contributed by atoms with Crippen LogP contribution in [0.3, 0.4) is 0 Å². The van der Waals surface area contributed by atoms with Crippen molar-refractivity contribution in [1.82, 2.24) is 0 Å². The number of carbonyl (C=O) groups excluding carboxylic acids is 1. The molecular weight excluding hydrogens is 184 g/mol. The minimum Gasteiger partial charge on any atom is -0.435 e. The van der Waals surface area contributed by atoms with Gasteiger partial charge in [0.05, 0.1) is 5.56 Å². The number of esters is 1. The van der Waals surface area contributed by atoms with E-state index in [9.17, 15) is 4.79 Å². The molecule has 0 aliphatic heterocycles. The van der Waals surface area contributed by atoms with E-state index in [1.54, 1.807) is 6.07 Å². The Morgan fingerprint density at radius 2 is 2.14 bits per heavy atom. The van der Waals surface area contributed by atoms with Gasteiger partial charge >= 0.3 is 5.97 Å². The third-order valence-corrected chi connectivity index (χ3v) is 1.60. The lowest BCUT2D eigenvalue weighted by Gasteiger charge is -2.06. The zero-order chi connectivity index (χ0) is 10.6. The minimum atomic E-state index is -0.524. The summed E-state index contributed by atoms with van der Waals surface area (Å²) in [6.45, 7) is -0.0946. The van der Waals surface area contributed by atoms with Crippen molar-refractivity contribution in [3.8, 4) is 0 Å². The van der Waals surface area contributed by atoms with Gasteiger partial charge < -0.3 is 20.9 Å². The summed E-state index contributed by atoms with van der Waals surface area (Å²) in [6, 6.07) is 4.60. The summed E-state index contributed by atoms with van der Waals surface area (Å²) in [7, 11) is 1.43. The Kier molecular flexibility index (Phi) is 3.30. The quantitative estimate of drug-likeness (QED) is 0.420. The number of nitrogen functional groups attached to an aromatic ring is 2. The number of methoxy groups -OCH3 is 1. The molecule has 0 radical (unpaired) electrons. The summed E-state index contributed by atoms with van der Waals surface area (Å²) < 4.78 is 9.30. The lowest BCUT2D eigenvalue weighted by atomic mass is 10.1. The normalized spacial score (nSPS) is 9.79. The predicted octanol–water partition coefficient (Wildman–Crippen LogP) is 0.612. The molecule has 0 saturated heterocycles. The summed E-state index contributed by atoms with van der Waals surface area (Å²) >= 11 is 0. The van der Waals surface area contributed by atoms with E-state index in [1.807, 2.05) is 0 Å². The Hall–Kier alpha value is -1.75. The van der Waals surface area contributed by atoms with Gasteiger partial charge in [0.15, 0.2) is 6.79 Å². The van der Waals surface area contributed by atoms with Crippen LogP contribution in [0.5, 0.6) is 0 Å². The molecule has 0 amide bonds. The van der Waals surface area contributed by atoms with Crippen molar-refractivity contribution < 1.29 is 14.3 Å².